The van der Waals surface area contributed by atoms with Gasteiger partial charge in [-0.05, 0) is 48.5 Å². The van der Waals surface area contributed by atoms with Gasteiger partial charge in [-0.15, -0.1) is 0 Å². The zero-order valence-corrected chi connectivity index (χ0v) is 15.5. The second-order valence-corrected chi connectivity index (χ2v) is 8.49. The zero-order chi connectivity index (χ0) is 20.9. The maximum atomic E-state index is 12.5. The van der Waals surface area contributed by atoms with Crippen molar-refractivity contribution in [1.82, 2.24) is 0 Å². The smallest absolute Gasteiger partial charge is 0.282 e. The molecule has 2 N–H and O–H groups in total. The summed E-state index contributed by atoms with van der Waals surface area (Å²) in [5.41, 5.74) is -0.163. The Hall–Kier alpha value is -3.06. The number of carbonyl (C=O) groups excluding carboxylic acids is 2. The summed E-state index contributed by atoms with van der Waals surface area (Å²) in [5, 5.41) is 1.84. The number of benzene rings is 2. The molecule has 1 saturated heterocycles. The van der Waals surface area contributed by atoms with Crippen molar-refractivity contribution in [2.24, 2.45) is 0 Å². The molecule has 0 atom stereocenters. The molecular formula is C16H12N2O8S2. The van der Waals surface area contributed by atoms with Crippen molar-refractivity contribution >= 4 is 43.4 Å². The molecule has 1 aliphatic heterocycles. The highest BCUT2D eigenvalue weighted by Crippen LogP contribution is 2.32. The SMILES string of the molecule is C=C1C(=O)N(c2ccc(S(=O)(=O)O)cc2)N(c2ccc(S(=O)(=O)O)cc2)C1=O. The number of hydrazine groups is 1. The molecule has 1 aliphatic rings. The standard InChI is InChI=1S/C16H12N2O8S2/c1-10-15(19)17(11-2-6-13(7-3-11)27(21,22)23)18(16(10)20)12-4-8-14(9-5-12)28(24,25)26/h2-9H,1H2,(H,21,22,23)(H,24,25,26). The molecule has 0 bridgehead atoms. The summed E-state index contributed by atoms with van der Waals surface area (Å²) in [6.07, 6.45) is 0. The lowest BCUT2D eigenvalue weighted by Crippen LogP contribution is -2.41. The predicted octanol–water partition coefficient (Wildman–Crippen LogP) is 1.03. The van der Waals surface area contributed by atoms with Gasteiger partial charge >= 0.3 is 0 Å². The lowest BCUT2D eigenvalue weighted by Gasteiger charge is -2.27. The van der Waals surface area contributed by atoms with Gasteiger partial charge in [0.25, 0.3) is 32.1 Å². The van der Waals surface area contributed by atoms with Crippen LogP contribution in [-0.4, -0.2) is 37.8 Å². The molecule has 0 aliphatic carbocycles. The van der Waals surface area contributed by atoms with Crippen molar-refractivity contribution in [2.45, 2.75) is 9.79 Å². The van der Waals surface area contributed by atoms with E-state index >= 15 is 0 Å². The van der Waals surface area contributed by atoms with Crippen LogP contribution in [0.1, 0.15) is 0 Å². The van der Waals surface area contributed by atoms with Gasteiger partial charge in [0.1, 0.15) is 5.57 Å². The van der Waals surface area contributed by atoms with Gasteiger partial charge in [0.05, 0.1) is 21.2 Å². The van der Waals surface area contributed by atoms with Crippen LogP contribution in [-0.2, 0) is 29.8 Å². The Morgan fingerprint density at radius 3 is 1.18 bits per heavy atom. The van der Waals surface area contributed by atoms with Crippen LogP contribution in [0.3, 0.4) is 0 Å². The van der Waals surface area contributed by atoms with Crippen molar-refractivity contribution in [3.63, 3.8) is 0 Å². The number of anilines is 2. The Morgan fingerprint density at radius 1 is 0.643 bits per heavy atom. The summed E-state index contributed by atoms with van der Waals surface area (Å²) >= 11 is 0. The van der Waals surface area contributed by atoms with Crippen LogP contribution in [0, 0.1) is 0 Å². The molecule has 3 rings (SSSR count). The first kappa shape index (κ1) is 19.7. The van der Waals surface area contributed by atoms with Crippen LogP contribution in [0.15, 0.2) is 70.5 Å². The van der Waals surface area contributed by atoms with Gasteiger partial charge in [-0.2, -0.15) is 16.8 Å². The van der Waals surface area contributed by atoms with E-state index in [4.69, 9.17) is 9.11 Å². The van der Waals surface area contributed by atoms with E-state index in [0.717, 1.165) is 34.3 Å². The van der Waals surface area contributed by atoms with Gasteiger partial charge in [0.15, 0.2) is 0 Å². The molecule has 0 spiro atoms. The monoisotopic (exact) mass is 424 g/mol. The highest BCUT2D eigenvalue weighted by molar-refractivity contribution is 7.86. The second kappa shape index (κ2) is 6.53. The molecule has 146 valence electrons. The lowest BCUT2D eigenvalue weighted by molar-refractivity contribution is -0.116. The minimum Gasteiger partial charge on any atom is -0.282 e. The van der Waals surface area contributed by atoms with E-state index in [1.54, 1.807) is 0 Å². The Kier molecular flexibility index (Phi) is 4.59. The molecule has 2 amide bonds. The first-order valence-electron chi connectivity index (χ1n) is 7.44. The van der Waals surface area contributed by atoms with Gasteiger partial charge in [-0.1, -0.05) is 6.58 Å². The summed E-state index contributed by atoms with van der Waals surface area (Å²) in [6, 6.07) is 8.98. The third kappa shape index (κ3) is 3.41. The molecule has 12 heteroatoms. The number of hydrogen-bond acceptors (Lipinski definition) is 6. The molecule has 0 unspecified atom stereocenters. The van der Waals surface area contributed by atoms with Crippen molar-refractivity contribution < 1.29 is 35.5 Å². The molecule has 0 aromatic heterocycles. The largest absolute Gasteiger partial charge is 0.294 e. The van der Waals surface area contributed by atoms with E-state index in [-0.39, 0.29) is 16.9 Å². The molecule has 0 saturated carbocycles. The van der Waals surface area contributed by atoms with Crippen molar-refractivity contribution in [1.29, 1.82) is 0 Å². The van der Waals surface area contributed by atoms with E-state index in [2.05, 4.69) is 6.58 Å². The summed E-state index contributed by atoms with van der Waals surface area (Å²) < 4.78 is 62.7. The van der Waals surface area contributed by atoms with Crippen LogP contribution in [0.4, 0.5) is 11.4 Å². The minimum atomic E-state index is -4.44. The van der Waals surface area contributed by atoms with Gasteiger partial charge in [0, 0.05) is 0 Å². The van der Waals surface area contributed by atoms with Gasteiger partial charge < -0.3 is 0 Å². The van der Waals surface area contributed by atoms with Crippen LogP contribution < -0.4 is 10.0 Å². The lowest BCUT2D eigenvalue weighted by atomic mass is 10.2. The molecule has 2 aromatic carbocycles. The van der Waals surface area contributed by atoms with E-state index < -0.39 is 41.8 Å². The molecular weight excluding hydrogens is 412 g/mol. The summed E-state index contributed by atoms with van der Waals surface area (Å²) in [6.45, 7) is 3.43. The van der Waals surface area contributed by atoms with E-state index in [0.29, 0.717) is 0 Å². The number of nitrogens with zero attached hydrogens (tertiary/aromatic N) is 2. The predicted molar refractivity (Wildman–Crippen MR) is 96.6 cm³/mol. The highest BCUT2D eigenvalue weighted by atomic mass is 32.2. The number of amides is 2. The van der Waals surface area contributed by atoms with Crippen molar-refractivity contribution in [3.8, 4) is 0 Å². The van der Waals surface area contributed by atoms with Crippen molar-refractivity contribution in [3.05, 3.63) is 60.7 Å². The van der Waals surface area contributed by atoms with Crippen LogP contribution >= 0.6 is 0 Å². The Balaban J connectivity index is 2.07. The maximum Gasteiger partial charge on any atom is 0.294 e. The third-order valence-corrected chi connectivity index (χ3v) is 5.60. The Labute approximate surface area is 159 Å². The number of carbonyl (C=O) groups is 2. The molecule has 2 aromatic rings. The van der Waals surface area contributed by atoms with E-state index in [1.807, 2.05) is 0 Å². The zero-order valence-electron chi connectivity index (χ0n) is 13.9. The highest BCUT2D eigenvalue weighted by Gasteiger charge is 2.41. The van der Waals surface area contributed by atoms with Crippen LogP contribution in [0.2, 0.25) is 0 Å². The summed E-state index contributed by atoms with van der Waals surface area (Å²) in [5.74, 6) is -1.55. The molecule has 1 heterocycles. The summed E-state index contributed by atoms with van der Waals surface area (Å²) in [7, 11) is -8.89. The maximum absolute atomic E-state index is 12.5. The molecule has 28 heavy (non-hydrogen) atoms. The van der Waals surface area contributed by atoms with Crippen LogP contribution in [0.5, 0.6) is 0 Å². The molecule has 1 fully saturated rings. The fourth-order valence-corrected chi connectivity index (χ4v) is 3.47. The normalized spacial score (nSPS) is 15.4. The fraction of sp³-hybridized carbons (Fsp3) is 0. The number of rotatable bonds is 4. The average Bonchev–Trinajstić information content (AvgIpc) is 2.84. The van der Waals surface area contributed by atoms with Gasteiger partial charge in [-0.3, -0.25) is 18.7 Å². The second-order valence-electron chi connectivity index (χ2n) is 5.65. The van der Waals surface area contributed by atoms with Gasteiger partial charge in [-0.25, -0.2) is 10.0 Å². The van der Waals surface area contributed by atoms with Gasteiger partial charge in [0.2, 0.25) is 0 Å². The topological polar surface area (TPSA) is 149 Å². The number of hydrogen-bond donors (Lipinski definition) is 2. The summed E-state index contributed by atoms with van der Waals surface area (Å²) in [4.78, 5) is 24.1. The molecule has 10 nitrogen and oxygen atoms in total. The first-order chi connectivity index (χ1) is 12.9. The Morgan fingerprint density at radius 2 is 0.929 bits per heavy atom. The quantitative estimate of drug-likeness (QED) is 0.420. The van der Waals surface area contributed by atoms with E-state index in [1.165, 1.54) is 24.3 Å². The first-order valence-corrected chi connectivity index (χ1v) is 10.3. The minimum absolute atomic E-state index is 0.100. The average molecular weight is 424 g/mol. The van der Waals surface area contributed by atoms with Crippen LogP contribution in [0.25, 0.3) is 0 Å². The van der Waals surface area contributed by atoms with E-state index in [9.17, 15) is 26.4 Å². The van der Waals surface area contributed by atoms with Crippen molar-refractivity contribution in [2.75, 3.05) is 10.0 Å². The fourth-order valence-electron chi connectivity index (χ4n) is 2.51. The third-order valence-electron chi connectivity index (χ3n) is 3.86. The molecule has 0 radical (unpaired) electrons. The Bertz CT molecular complexity index is 1100.